The van der Waals surface area contributed by atoms with Crippen LogP contribution in [0.5, 0.6) is 0 Å². The van der Waals surface area contributed by atoms with Crippen LogP contribution < -0.4 is 9.80 Å². The van der Waals surface area contributed by atoms with E-state index >= 15 is 0 Å². The average Bonchev–Trinajstić information content (AvgIpc) is 3.45. The molecule has 2 aliphatic heterocycles. The summed E-state index contributed by atoms with van der Waals surface area (Å²) in [5.41, 5.74) is 2.98. The van der Waals surface area contributed by atoms with E-state index in [1.807, 2.05) is 43.3 Å². The third-order valence-corrected chi connectivity index (χ3v) is 7.10. The second-order valence-electron chi connectivity index (χ2n) is 6.73. The molecule has 1 fully saturated rings. The van der Waals surface area contributed by atoms with Crippen molar-refractivity contribution < 1.29 is 4.79 Å². The Bertz CT molecular complexity index is 1190. The molecule has 2 aromatic carbocycles. The lowest BCUT2D eigenvalue weighted by Crippen LogP contribution is -2.29. The topological polar surface area (TPSA) is 77.5 Å². The standard InChI is InChI=1S/C21H18N6OS2/c1-3-26-15-9-4-5-10-16(15)29-19(26)17-18(28)27(14-8-6-7-13(2)11-14)21(30-17)24-20-22-12-23-25-20/h4-12H,3H2,1-2H3,(H,22,23,25). The zero-order valence-electron chi connectivity index (χ0n) is 16.4. The fraction of sp³-hybridized carbons (Fsp3) is 0.143. The number of amidine groups is 1. The Morgan fingerprint density at radius 3 is 2.77 bits per heavy atom. The van der Waals surface area contributed by atoms with Gasteiger partial charge in [-0.3, -0.25) is 9.69 Å². The summed E-state index contributed by atoms with van der Waals surface area (Å²) in [6.45, 7) is 4.87. The van der Waals surface area contributed by atoms with Crippen LogP contribution in [0.1, 0.15) is 12.5 Å². The zero-order chi connectivity index (χ0) is 20.7. The number of amides is 1. The number of aromatic amines is 1. The normalized spacial score (nSPS) is 19.8. The van der Waals surface area contributed by atoms with Crippen LogP contribution in [-0.2, 0) is 4.79 Å². The summed E-state index contributed by atoms with van der Waals surface area (Å²) < 4.78 is 0. The Morgan fingerprint density at radius 2 is 2.00 bits per heavy atom. The maximum Gasteiger partial charge on any atom is 0.274 e. The number of nitrogens with one attached hydrogen (secondary N) is 1. The van der Waals surface area contributed by atoms with Crippen LogP contribution in [0.4, 0.5) is 17.3 Å². The van der Waals surface area contributed by atoms with Crippen molar-refractivity contribution in [1.82, 2.24) is 15.2 Å². The number of carbonyl (C=O) groups is 1. The fourth-order valence-corrected chi connectivity index (χ4v) is 5.81. The highest BCUT2D eigenvalue weighted by Gasteiger charge is 2.40. The molecule has 3 heterocycles. The minimum Gasteiger partial charge on any atom is -0.334 e. The van der Waals surface area contributed by atoms with Gasteiger partial charge < -0.3 is 4.90 Å². The van der Waals surface area contributed by atoms with Gasteiger partial charge in [-0.15, -0.1) is 0 Å². The Hall–Kier alpha value is -3.04. The van der Waals surface area contributed by atoms with Crippen LogP contribution in [0, 0.1) is 6.92 Å². The van der Waals surface area contributed by atoms with Gasteiger partial charge in [-0.1, -0.05) is 36.0 Å². The minimum absolute atomic E-state index is 0.0855. The maximum absolute atomic E-state index is 13.6. The SMILES string of the molecule is CCN1C(=C2SC(=Nc3ncn[nH]3)N(c3cccc(C)c3)C2=O)Sc2ccccc21. The highest BCUT2D eigenvalue weighted by molar-refractivity contribution is 8.20. The van der Waals surface area contributed by atoms with E-state index in [2.05, 4.69) is 44.1 Å². The van der Waals surface area contributed by atoms with Crippen LogP contribution in [0.15, 0.2) is 74.7 Å². The Labute approximate surface area is 182 Å². The number of H-pyrrole nitrogens is 1. The van der Waals surface area contributed by atoms with E-state index in [1.165, 1.54) is 18.1 Å². The predicted octanol–water partition coefficient (Wildman–Crippen LogP) is 4.68. The van der Waals surface area contributed by atoms with Crippen LogP contribution in [0.3, 0.4) is 0 Å². The van der Waals surface area contributed by atoms with Crippen LogP contribution in [0.25, 0.3) is 0 Å². The van der Waals surface area contributed by atoms with Crippen molar-refractivity contribution in [3.8, 4) is 0 Å². The molecule has 0 aliphatic carbocycles. The molecule has 9 heteroatoms. The van der Waals surface area contributed by atoms with Gasteiger partial charge in [0, 0.05) is 11.4 Å². The highest BCUT2D eigenvalue weighted by Crippen LogP contribution is 2.51. The number of aromatic nitrogens is 3. The third-order valence-electron chi connectivity index (χ3n) is 4.76. The molecule has 0 saturated carbocycles. The van der Waals surface area contributed by atoms with Crippen LogP contribution in [-0.4, -0.2) is 32.8 Å². The molecule has 0 spiro atoms. The summed E-state index contributed by atoms with van der Waals surface area (Å²) in [5.74, 6) is 0.279. The maximum atomic E-state index is 13.6. The molecule has 1 N–H and O–H groups in total. The first-order valence-corrected chi connectivity index (χ1v) is 11.1. The quantitative estimate of drug-likeness (QED) is 0.603. The van der Waals surface area contributed by atoms with Gasteiger partial charge >= 0.3 is 0 Å². The number of nitrogens with zero attached hydrogens (tertiary/aromatic N) is 5. The van der Waals surface area contributed by atoms with E-state index in [-0.39, 0.29) is 5.91 Å². The molecule has 5 rings (SSSR count). The van der Waals surface area contributed by atoms with Crippen LogP contribution >= 0.6 is 23.5 Å². The molecule has 1 aromatic heterocycles. The van der Waals surface area contributed by atoms with Gasteiger partial charge in [0.2, 0.25) is 5.95 Å². The smallest absolute Gasteiger partial charge is 0.274 e. The number of thioether (sulfide) groups is 2. The second kappa shape index (κ2) is 7.66. The number of hydrogen-bond acceptors (Lipinski definition) is 7. The van der Waals surface area contributed by atoms with E-state index in [1.54, 1.807) is 16.7 Å². The van der Waals surface area contributed by atoms with Crippen molar-refractivity contribution in [2.75, 3.05) is 16.3 Å². The summed E-state index contributed by atoms with van der Waals surface area (Å²) in [6, 6.07) is 16.1. The summed E-state index contributed by atoms with van der Waals surface area (Å²) in [4.78, 5) is 28.0. The second-order valence-corrected chi connectivity index (χ2v) is 8.74. The van der Waals surface area contributed by atoms with E-state index in [0.717, 1.165) is 33.4 Å². The molecule has 1 amide bonds. The van der Waals surface area contributed by atoms with E-state index in [0.29, 0.717) is 16.0 Å². The third kappa shape index (κ3) is 3.20. The number of para-hydroxylation sites is 1. The van der Waals surface area contributed by atoms with Crippen molar-refractivity contribution in [3.63, 3.8) is 0 Å². The largest absolute Gasteiger partial charge is 0.334 e. The number of anilines is 2. The number of hydrogen-bond donors (Lipinski definition) is 1. The van der Waals surface area contributed by atoms with E-state index < -0.39 is 0 Å². The molecule has 150 valence electrons. The first kappa shape index (κ1) is 19.0. The molecule has 30 heavy (non-hydrogen) atoms. The van der Waals surface area contributed by atoms with Crippen molar-refractivity contribution in [3.05, 3.63) is 70.4 Å². The van der Waals surface area contributed by atoms with Gasteiger partial charge in [0.1, 0.15) is 16.3 Å². The van der Waals surface area contributed by atoms with Gasteiger partial charge in [0.05, 0.1) is 11.4 Å². The zero-order valence-corrected chi connectivity index (χ0v) is 18.0. The van der Waals surface area contributed by atoms with Gasteiger partial charge in [-0.25, -0.2) is 5.10 Å². The van der Waals surface area contributed by atoms with Gasteiger partial charge in [-0.2, -0.15) is 15.1 Å². The van der Waals surface area contributed by atoms with Gasteiger partial charge in [0.15, 0.2) is 5.17 Å². The number of aryl methyl sites for hydroxylation is 1. The summed E-state index contributed by atoms with van der Waals surface area (Å²) in [7, 11) is 0. The molecule has 2 aliphatic rings. The monoisotopic (exact) mass is 434 g/mol. The van der Waals surface area contributed by atoms with Crippen molar-refractivity contribution in [2.24, 2.45) is 4.99 Å². The van der Waals surface area contributed by atoms with E-state index in [4.69, 9.17) is 0 Å². The Balaban J connectivity index is 1.63. The van der Waals surface area contributed by atoms with Crippen molar-refractivity contribution in [2.45, 2.75) is 18.7 Å². The lowest BCUT2D eigenvalue weighted by molar-refractivity contribution is -0.113. The number of aliphatic imine (C=N–C) groups is 1. The minimum atomic E-state index is -0.0855. The lowest BCUT2D eigenvalue weighted by Gasteiger charge is -2.19. The number of benzene rings is 2. The van der Waals surface area contributed by atoms with Crippen LogP contribution in [0.2, 0.25) is 0 Å². The average molecular weight is 435 g/mol. The molecule has 0 radical (unpaired) electrons. The van der Waals surface area contributed by atoms with Crippen molar-refractivity contribution in [1.29, 1.82) is 0 Å². The molecular weight excluding hydrogens is 416 g/mol. The Kier molecular flexibility index (Phi) is 4.84. The molecule has 3 aromatic rings. The predicted molar refractivity (Wildman–Crippen MR) is 122 cm³/mol. The van der Waals surface area contributed by atoms with Gasteiger partial charge in [-0.05, 0) is 55.4 Å². The Morgan fingerprint density at radius 1 is 1.13 bits per heavy atom. The molecule has 0 atom stereocenters. The fourth-order valence-electron chi connectivity index (χ4n) is 3.43. The highest BCUT2D eigenvalue weighted by atomic mass is 32.2. The van der Waals surface area contributed by atoms with Gasteiger partial charge in [0.25, 0.3) is 5.91 Å². The summed E-state index contributed by atoms with van der Waals surface area (Å²) in [6.07, 6.45) is 1.40. The lowest BCUT2D eigenvalue weighted by atomic mass is 10.2. The number of carbonyl (C=O) groups excluding carboxylic acids is 1. The summed E-state index contributed by atoms with van der Waals surface area (Å²) in [5, 5.41) is 8.11. The molecule has 0 unspecified atom stereocenters. The molecule has 7 nitrogen and oxygen atoms in total. The number of rotatable bonds is 3. The number of fused-ring (bicyclic) bond motifs is 1. The molecular formula is C21H18N6OS2. The molecule has 1 saturated heterocycles. The molecule has 0 bridgehead atoms. The summed E-state index contributed by atoms with van der Waals surface area (Å²) >= 11 is 3.00. The van der Waals surface area contributed by atoms with E-state index in [9.17, 15) is 4.79 Å². The first-order valence-electron chi connectivity index (χ1n) is 9.47. The first-order chi connectivity index (χ1) is 14.7. The van der Waals surface area contributed by atoms with Crippen molar-refractivity contribution >= 4 is 51.9 Å².